The lowest BCUT2D eigenvalue weighted by Crippen LogP contribution is -2.42. The van der Waals surface area contributed by atoms with Crippen LogP contribution in [0.3, 0.4) is 0 Å². The van der Waals surface area contributed by atoms with Gasteiger partial charge >= 0.3 is 13.8 Å². The van der Waals surface area contributed by atoms with E-state index in [0.717, 1.165) is 32.1 Å². The van der Waals surface area contributed by atoms with Gasteiger partial charge in [-0.1, -0.05) is 25.7 Å². The standard InChI is InChI=1S/C21H35N2O9P/c1-23(2,3)17-20(16-21(24)25)32-33(28,29)31-15-9-7-5-4-6-8-14-30-19-12-10-18(11-13-19)22(26)27/h10-13,20H,4-9,14-17H2,1-3H3,(H-,24,25,28,29)/p+1. The maximum atomic E-state index is 12.1. The second kappa shape index (κ2) is 14.3. The summed E-state index contributed by atoms with van der Waals surface area (Å²) in [6.45, 7) is 0.839. The molecule has 0 bridgehead atoms. The predicted octanol–water partition coefficient (Wildman–Crippen LogP) is 4.00. The molecule has 0 amide bonds. The fourth-order valence-corrected chi connectivity index (χ4v) is 4.04. The lowest BCUT2D eigenvalue weighted by molar-refractivity contribution is -0.873. The van der Waals surface area contributed by atoms with Crippen molar-refractivity contribution in [3.05, 3.63) is 34.4 Å². The van der Waals surface area contributed by atoms with Crippen molar-refractivity contribution in [2.24, 2.45) is 0 Å². The number of non-ortho nitro benzene ring substituents is 1. The summed E-state index contributed by atoms with van der Waals surface area (Å²) in [7, 11) is 1.18. The normalized spacial score (nSPS) is 14.4. The van der Waals surface area contributed by atoms with E-state index < -0.39 is 24.8 Å². The molecule has 0 saturated carbocycles. The summed E-state index contributed by atoms with van der Waals surface area (Å²) in [5, 5.41) is 19.6. The molecule has 0 radical (unpaired) electrons. The van der Waals surface area contributed by atoms with Gasteiger partial charge in [0.1, 0.15) is 18.4 Å². The van der Waals surface area contributed by atoms with E-state index in [1.807, 2.05) is 21.1 Å². The number of likely N-dealkylation sites (N-methyl/N-ethyl adjacent to an activating group) is 1. The number of phosphoric ester groups is 1. The first-order valence-electron chi connectivity index (χ1n) is 10.9. The largest absolute Gasteiger partial charge is 0.494 e. The Bertz CT molecular complexity index is 781. The Balaban J connectivity index is 2.14. The van der Waals surface area contributed by atoms with E-state index in [1.165, 1.54) is 12.1 Å². The van der Waals surface area contributed by atoms with E-state index in [-0.39, 0.29) is 25.3 Å². The highest BCUT2D eigenvalue weighted by Gasteiger charge is 2.31. The highest BCUT2D eigenvalue weighted by Crippen LogP contribution is 2.45. The topological polar surface area (TPSA) is 145 Å². The number of nitrogens with zero attached hydrogens (tertiary/aromatic N) is 2. The third-order valence-corrected chi connectivity index (χ3v) is 5.62. The number of quaternary nitrogens is 1. The van der Waals surface area contributed by atoms with Gasteiger partial charge in [-0.25, -0.2) is 4.57 Å². The Morgan fingerprint density at radius 1 is 1.06 bits per heavy atom. The van der Waals surface area contributed by atoms with Crippen LogP contribution in [0.1, 0.15) is 44.9 Å². The molecule has 0 saturated heterocycles. The number of benzene rings is 1. The van der Waals surface area contributed by atoms with Crippen LogP contribution in [0.25, 0.3) is 0 Å². The van der Waals surface area contributed by atoms with Gasteiger partial charge in [-0.2, -0.15) is 0 Å². The fourth-order valence-electron chi connectivity index (χ4n) is 3.10. The Morgan fingerprint density at radius 2 is 1.61 bits per heavy atom. The number of nitro benzene ring substituents is 1. The summed E-state index contributed by atoms with van der Waals surface area (Å²) >= 11 is 0. The molecule has 0 aromatic heterocycles. The maximum Gasteiger partial charge on any atom is 0.472 e. The van der Waals surface area contributed by atoms with Gasteiger partial charge < -0.3 is 19.2 Å². The smallest absolute Gasteiger partial charge is 0.472 e. The molecule has 0 aliphatic carbocycles. The average Bonchev–Trinajstić information content (AvgIpc) is 2.67. The number of hydrogen-bond donors (Lipinski definition) is 2. The molecule has 0 aliphatic rings. The quantitative estimate of drug-likeness (QED) is 0.102. The summed E-state index contributed by atoms with van der Waals surface area (Å²) in [6, 6.07) is 5.97. The second-order valence-corrected chi connectivity index (χ2v) is 10.2. The Hall–Kier alpha value is -2.04. The number of ether oxygens (including phenoxy) is 1. The summed E-state index contributed by atoms with van der Waals surface area (Å²) < 4.78 is 28.2. The number of carboxylic acid groups (broad SMARTS) is 1. The third-order valence-electron chi connectivity index (χ3n) is 4.55. The van der Waals surface area contributed by atoms with Crippen molar-refractivity contribution < 1.29 is 42.6 Å². The fraction of sp³-hybridized carbons (Fsp3) is 0.667. The molecule has 2 N–H and O–H groups in total. The Kier molecular flexibility index (Phi) is 12.5. The lowest BCUT2D eigenvalue weighted by Gasteiger charge is -2.29. The van der Waals surface area contributed by atoms with Crippen LogP contribution in [0.4, 0.5) is 5.69 Å². The van der Waals surface area contributed by atoms with Crippen LogP contribution < -0.4 is 4.74 Å². The van der Waals surface area contributed by atoms with E-state index in [2.05, 4.69) is 0 Å². The molecule has 1 aromatic rings. The zero-order valence-corrected chi connectivity index (χ0v) is 20.4. The van der Waals surface area contributed by atoms with Crippen molar-refractivity contribution in [3.8, 4) is 5.75 Å². The van der Waals surface area contributed by atoms with Gasteiger partial charge in [0.2, 0.25) is 0 Å². The molecule has 11 nitrogen and oxygen atoms in total. The van der Waals surface area contributed by atoms with Crippen molar-refractivity contribution >= 4 is 19.5 Å². The van der Waals surface area contributed by atoms with E-state index >= 15 is 0 Å². The molecule has 0 spiro atoms. The monoisotopic (exact) mass is 491 g/mol. The van der Waals surface area contributed by atoms with Crippen LogP contribution in [-0.4, -0.2) is 72.4 Å². The van der Waals surface area contributed by atoms with Crippen molar-refractivity contribution in [3.63, 3.8) is 0 Å². The van der Waals surface area contributed by atoms with Crippen LogP contribution in [0.2, 0.25) is 0 Å². The minimum atomic E-state index is -4.33. The highest BCUT2D eigenvalue weighted by molar-refractivity contribution is 7.47. The van der Waals surface area contributed by atoms with E-state index in [0.29, 0.717) is 23.3 Å². The molecule has 188 valence electrons. The van der Waals surface area contributed by atoms with Crippen molar-refractivity contribution in [1.82, 2.24) is 0 Å². The first-order chi connectivity index (χ1) is 15.4. The molecule has 1 aromatic carbocycles. The molecule has 0 fully saturated rings. The maximum absolute atomic E-state index is 12.1. The second-order valence-electron chi connectivity index (χ2n) is 8.82. The molecule has 12 heteroatoms. The van der Waals surface area contributed by atoms with Gasteiger partial charge in [0.15, 0.2) is 0 Å². The highest BCUT2D eigenvalue weighted by atomic mass is 31.2. The van der Waals surface area contributed by atoms with Crippen LogP contribution in [0.15, 0.2) is 24.3 Å². The SMILES string of the molecule is C[N+](C)(C)CC(CC(=O)O)OP(=O)(O)OCCCCCCCCOc1ccc([N+](=O)[O-])cc1. The van der Waals surface area contributed by atoms with Crippen molar-refractivity contribution in [1.29, 1.82) is 0 Å². The number of rotatable bonds is 18. The van der Waals surface area contributed by atoms with Crippen molar-refractivity contribution in [2.45, 2.75) is 51.0 Å². The Labute approximate surface area is 194 Å². The van der Waals surface area contributed by atoms with Crippen molar-refractivity contribution in [2.75, 3.05) is 40.9 Å². The van der Waals surface area contributed by atoms with Gasteiger partial charge in [-0.15, -0.1) is 0 Å². The van der Waals surface area contributed by atoms with Gasteiger partial charge in [-0.05, 0) is 25.0 Å². The summed E-state index contributed by atoms with van der Waals surface area (Å²) in [5.41, 5.74) is 0.0275. The zero-order valence-electron chi connectivity index (χ0n) is 19.6. The van der Waals surface area contributed by atoms with E-state index in [9.17, 15) is 24.4 Å². The molecule has 33 heavy (non-hydrogen) atoms. The average molecular weight is 491 g/mol. The molecule has 0 aliphatic heterocycles. The lowest BCUT2D eigenvalue weighted by atomic mass is 10.1. The Morgan fingerprint density at radius 3 is 2.12 bits per heavy atom. The van der Waals surface area contributed by atoms with Crippen LogP contribution >= 0.6 is 7.82 Å². The van der Waals surface area contributed by atoms with E-state index in [4.69, 9.17) is 18.9 Å². The summed E-state index contributed by atoms with van der Waals surface area (Å²) in [4.78, 5) is 31.0. The zero-order chi connectivity index (χ0) is 24.9. The number of unbranched alkanes of at least 4 members (excludes halogenated alkanes) is 5. The molecule has 2 unspecified atom stereocenters. The number of phosphoric acid groups is 1. The summed E-state index contributed by atoms with van der Waals surface area (Å²) in [6.07, 6.45) is 3.82. The van der Waals surface area contributed by atoms with Crippen LogP contribution in [0.5, 0.6) is 5.75 Å². The number of hydrogen-bond acceptors (Lipinski definition) is 7. The molecule has 0 heterocycles. The van der Waals surface area contributed by atoms with Gasteiger partial charge in [0, 0.05) is 12.1 Å². The van der Waals surface area contributed by atoms with Gasteiger partial charge in [-0.3, -0.25) is 24.0 Å². The van der Waals surface area contributed by atoms with E-state index in [1.54, 1.807) is 12.1 Å². The number of carbonyl (C=O) groups is 1. The first-order valence-corrected chi connectivity index (χ1v) is 12.4. The first kappa shape index (κ1) is 29.0. The third kappa shape index (κ3) is 14.7. The predicted molar refractivity (Wildman–Crippen MR) is 122 cm³/mol. The molecule has 2 atom stereocenters. The number of carboxylic acids is 1. The minimum absolute atomic E-state index is 0.0275. The molecular formula is C21H36N2O9P+. The molecule has 1 rings (SSSR count). The minimum Gasteiger partial charge on any atom is -0.494 e. The number of aliphatic carboxylic acids is 1. The van der Waals surface area contributed by atoms with Gasteiger partial charge in [0.05, 0.1) is 45.7 Å². The van der Waals surface area contributed by atoms with Gasteiger partial charge in [0.25, 0.3) is 5.69 Å². The van der Waals surface area contributed by atoms with Crippen LogP contribution in [-0.2, 0) is 18.4 Å². The van der Waals surface area contributed by atoms with Crippen LogP contribution in [0, 0.1) is 10.1 Å². The number of nitro groups is 1. The summed E-state index contributed by atoms with van der Waals surface area (Å²) in [5.74, 6) is -0.507. The molecular weight excluding hydrogens is 455 g/mol.